The van der Waals surface area contributed by atoms with Gasteiger partial charge in [-0.3, -0.25) is 4.79 Å². The number of aryl methyl sites for hydroxylation is 2. The van der Waals surface area contributed by atoms with Crippen molar-refractivity contribution in [3.63, 3.8) is 0 Å². The molecule has 1 unspecified atom stereocenters. The summed E-state index contributed by atoms with van der Waals surface area (Å²) in [5.74, 6) is -0.192. The lowest BCUT2D eigenvalue weighted by molar-refractivity contribution is 0.101. The minimum Gasteiger partial charge on any atom is -0.294 e. The third kappa shape index (κ3) is 4.89. The van der Waals surface area contributed by atoms with E-state index in [4.69, 9.17) is 4.89 Å². The van der Waals surface area contributed by atoms with E-state index in [1.807, 2.05) is 0 Å². The average molecular weight is 303 g/mol. The van der Waals surface area contributed by atoms with Crippen molar-refractivity contribution in [1.82, 2.24) is 0 Å². The molecule has 1 atom stereocenters. The Balaban J connectivity index is 0.000000219. The lowest BCUT2D eigenvalue weighted by Gasteiger charge is -2.00. The van der Waals surface area contributed by atoms with Gasteiger partial charge in [0.2, 0.25) is 5.30 Å². The van der Waals surface area contributed by atoms with E-state index in [-0.39, 0.29) is 11.1 Å². The van der Waals surface area contributed by atoms with Gasteiger partial charge >= 0.3 is 8.03 Å². The molecule has 0 amide bonds. The summed E-state index contributed by atoms with van der Waals surface area (Å²) in [6.07, 6.45) is 0. The molecule has 2 aromatic rings. The SMILES string of the molecule is CC(=O)c1ccccc1[P+](=O)O.Cc1cccc(C)c1C. The van der Waals surface area contributed by atoms with Crippen molar-refractivity contribution in [3.8, 4) is 0 Å². The van der Waals surface area contributed by atoms with Crippen LogP contribution in [-0.4, -0.2) is 10.7 Å². The second-order valence-electron chi connectivity index (χ2n) is 4.86. The molecule has 0 aliphatic heterocycles. The van der Waals surface area contributed by atoms with Crippen molar-refractivity contribution in [1.29, 1.82) is 0 Å². The van der Waals surface area contributed by atoms with Gasteiger partial charge in [0, 0.05) is 0 Å². The Morgan fingerprint density at radius 3 is 1.86 bits per heavy atom. The summed E-state index contributed by atoms with van der Waals surface area (Å²) >= 11 is 0. The molecular weight excluding hydrogens is 283 g/mol. The maximum absolute atomic E-state index is 10.9. The summed E-state index contributed by atoms with van der Waals surface area (Å²) < 4.78 is 10.7. The molecule has 21 heavy (non-hydrogen) atoms. The summed E-state index contributed by atoms with van der Waals surface area (Å²) in [6, 6.07) is 12.7. The van der Waals surface area contributed by atoms with E-state index in [1.54, 1.807) is 18.2 Å². The molecule has 0 heterocycles. The Morgan fingerprint density at radius 2 is 1.48 bits per heavy atom. The van der Waals surface area contributed by atoms with Crippen molar-refractivity contribution >= 4 is 19.1 Å². The maximum Gasteiger partial charge on any atom is 0.546 e. The van der Waals surface area contributed by atoms with E-state index in [0.29, 0.717) is 5.56 Å². The summed E-state index contributed by atoms with van der Waals surface area (Å²) in [5, 5.41) is 0.208. The van der Waals surface area contributed by atoms with E-state index < -0.39 is 8.03 Å². The van der Waals surface area contributed by atoms with Gasteiger partial charge in [-0.2, -0.15) is 4.89 Å². The first-order valence-corrected chi connectivity index (χ1v) is 7.84. The highest BCUT2D eigenvalue weighted by molar-refractivity contribution is 7.47. The number of hydrogen-bond donors (Lipinski definition) is 1. The minimum atomic E-state index is -2.42. The first kappa shape index (κ1) is 17.2. The molecule has 3 nitrogen and oxygen atoms in total. The van der Waals surface area contributed by atoms with Crippen LogP contribution in [0.5, 0.6) is 0 Å². The number of benzene rings is 2. The van der Waals surface area contributed by atoms with Crippen LogP contribution in [0.4, 0.5) is 0 Å². The van der Waals surface area contributed by atoms with E-state index in [1.165, 1.54) is 29.7 Å². The third-order valence-corrected chi connectivity index (χ3v) is 4.17. The van der Waals surface area contributed by atoms with Crippen molar-refractivity contribution in [2.75, 3.05) is 0 Å². The number of hydrogen-bond acceptors (Lipinski definition) is 2. The topological polar surface area (TPSA) is 54.4 Å². The lowest BCUT2D eigenvalue weighted by atomic mass is 10.1. The first-order valence-electron chi connectivity index (χ1n) is 6.63. The van der Waals surface area contributed by atoms with Crippen LogP contribution in [0.15, 0.2) is 42.5 Å². The van der Waals surface area contributed by atoms with Crippen LogP contribution in [0.2, 0.25) is 0 Å². The Kier molecular flexibility index (Phi) is 6.41. The predicted octanol–water partition coefficient (Wildman–Crippen LogP) is 3.86. The zero-order valence-corrected chi connectivity index (χ0v) is 13.6. The second kappa shape index (κ2) is 7.82. The summed E-state index contributed by atoms with van der Waals surface area (Å²) in [7, 11) is -2.42. The molecule has 0 aliphatic rings. The van der Waals surface area contributed by atoms with Gasteiger partial charge < -0.3 is 0 Å². The molecule has 0 saturated carbocycles. The van der Waals surface area contributed by atoms with Crippen molar-refractivity contribution < 1.29 is 14.3 Å². The molecule has 0 radical (unpaired) electrons. The highest BCUT2D eigenvalue weighted by Crippen LogP contribution is 2.16. The number of rotatable bonds is 2. The molecular formula is C17H20O3P+. The van der Waals surface area contributed by atoms with Crippen LogP contribution in [0.25, 0.3) is 0 Å². The van der Waals surface area contributed by atoms with Crippen molar-refractivity contribution in [2.45, 2.75) is 27.7 Å². The summed E-state index contributed by atoms with van der Waals surface area (Å²) in [6.45, 7) is 7.81. The van der Waals surface area contributed by atoms with Crippen molar-refractivity contribution in [2.24, 2.45) is 0 Å². The fourth-order valence-corrected chi connectivity index (χ4v) is 2.49. The minimum absolute atomic E-state index is 0.192. The van der Waals surface area contributed by atoms with E-state index >= 15 is 0 Å². The van der Waals surface area contributed by atoms with E-state index in [0.717, 1.165) is 0 Å². The first-order chi connectivity index (χ1) is 9.84. The zero-order valence-electron chi connectivity index (χ0n) is 12.8. The summed E-state index contributed by atoms with van der Waals surface area (Å²) in [4.78, 5) is 19.7. The zero-order chi connectivity index (χ0) is 16.0. The van der Waals surface area contributed by atoms with Gasteiger partial charge in [-0.15, -0.1) is 0 Å². The number of carbonyl (C=O) groups is 1. The molecule has 0 aromatic heterocycles. The molecule has 2 rings (SSSR count). The number of ketones is 1. The monoisotopic (exact) mass is 303 g/mol. The molecule has 0 fully saturated rings. The molecule has 0 saturated heterocycles. The van der Waals surface area contributed by atoms with Crippen LogP contribution >= 0.6 is 8.03 Å². The predicted molar refractivity (Wildman–Crippen MR) is 86.6 cm³/mol. The third-order valence-electron chi connectivity index (χ3n) is 3.36. The highest BCUT2D eigenvalue weighted by Gasteiger charge is 2.22. The number of carbonyl (C=O) groups excluding carboxylic acids is 1. The molecule has 110 valence electrons. The van der Waals surface area contributed by atoms with Crippen molar-refractivity contribution in [3.05, 3.63) is 64.7 Å². The van der Waals surface area contributed by atoms with Gasteiger partial charge in [-0.1, -0.05) is 30.3 Å². The normalized spacial score (nSPS) is 10.4. The highest BCUT2D eigenvalue weighted by atomic mass is 31.1. The molecule has 2 aromatic carbocycles. The Bertz CT molecular complexity index is 610. The van der Waals surface area contributed by atoms with Gasteiger partial charge in [0.15, 0.2) is 5.78 Å². The van der Waals surface area contributed by atoms with Crippen LogP contribution in [0.1, 0.15) is 34.0 Å². The van der Waals surface area contributed by atoms with Gasteiger partial charge in [0.1, 0.15) is 0 Å². The van der Waals surface area contributed by atoms with Crippen LogP contribution in [0, 0.1) is 20.8 Å². The number of Topliss-reactive ketones (excluding diaryl/α,β-unsaturated/α-hetero) is 1. The standard InChI is InChI=1S/C9H12.C8H7O3P/c1-7-5-4-6-8(2)9(7)3;1-6(9)7-4-2-3-5-8(7)12(10)11/h4-6H,1-3H3;2-5H,1H3/p+1. The largest absolute Gasteiger partial charge is 0.546 e. The summed E-state index contributed by atoms with van der Waals surface area (Å²) in [5.41, 5.74) is 4.50. The molecule has 0 aliphatic carbocycles. The van der Waals surface area contributed by atoms with Gasteiger partial charge in [-0.25, -0.2) is 0 Å². The maximum atomic E-state index is 10.9. The Morgan fingerprint density at radius 1 is 0.952 bits per heavy atom. The Labute approximate surface area is 126 Å². The van der Waals surface area contributed by atoms with Gasteiger partial charge in [-0.05, 0) is 61.1 Å². The molecule has 0 spiro atoms. The fourth-order valence-electron chi connectivity index (χ4n) is 1.84. The Hall–Kier alpha value is -1.83. The van der Waals surface area contributed by atoms with Gasteiger partial charge in [0.25, 0.3) is 0 Å². The molecule has 0 bridgehead atoms. The van der Waals surface area contributed by atoms with Crippen LogP contribution in [-0.2, 0) is 4.57 Å². The molecule has 4 heteroatoms. The van der Waals surface area contributed by atoms with Gasteiger partial charge in [0.05, 0.1) is 5.56 Å². The van der Waals surface area contributed by atoms with E-state index in [9.17, 15) is 9.36 Å². The second-order valence-corrected chi connectivity index (χ2v) is 5.89. The quantitative estimate of drug-likeness (QED) is 0.677. The van der Waals surface area contributed by atoms with Crippen LogP contribution < -0.4 is 5.30 Å². The molecule has 1 N–H and O–H groups in total. The van der Waals surface area contributed by atoms with E-state index in [2.05, 4.69) is 39.0 Å². The lowest BCUT2D eigenvalue weighted by Crippen LogP contribution is -2.08. The average Bonchev–Trinajstić information content (AvgIpc) is 2.45. The smallest absolute Gasteiger partial charge is 0.294 e. The van der Waals surface area contributed by atoms with Crippen LogP contribution in [0.3, 0.4) is 0 Å². The fraction of sp³-hybridized carbons (Fsp3) is 0.235.